The molecule has 0 aromatic heterocycles. The lowest BCUT2D eigenvalue weighted by Crippen LogP contribution is -2.39. The van der Waals surface area contributed by atoms with Crippen molar-refractivity contribution >= 4 is 5.91 Å². The van der Waals surface area contributed by atoms with Gasteiger partial charge in [-0.25, -0.2) is 8.78 Å². The van der Waals surface area contributed by atoms with Crippen LogP contribution >= 0.6 is 0 Å². The molecule has 0 saturated heterocycles. The van der Waals surface area contributed by atoms with E-state index in [-0.39, 0.29) is 6.42 Å². The van der Waals surface area contributed by atoms with Crippen LogP contribution in [-0.4, -0.2) is 12.3 Å². The summed E-state index contributed by atoms with van der Waals surface area (Å²) in [4.78, 5) is 10.4. The number of nitrogens with two attached hydrogens (primary N) is 1. The minimum Gasteiger partial charge on any atom is -0.369 e. The second-order valence-corrected chi connectivity index (χ2v) is 2.44. The van der Waals surface area contributed by atoms with Crippen LogP contribution in [-0.2, 0) is 4.79 Å². The molecule has 0 bridgehead atoms. The molecule has 0 aliphatic carbocycles. The first-order valence-electron chi connectivity index (χ1n) is 3.03. The summed E-state index contributed by atoms with van der Waals surface area (Å²) < 4.78 is 24.1. The van der Waals surface area contributed by atoms with Gasteiger partial charge in [0.2, 0.25) is 5.91 Å². The van der Waals surface area contributed by atoms with Crippen molar-refractivity contribution in [2.45, 2.75) is 26.7 Å². The highest BCUT2D eigenvalue weighted by atomic mass is 19.3. The fourth-order valence-electron chi connectivity index (χ4n) is 0.436. The number of hydrogen-bond acceptors (Lipinski definition) is 1. The Bertz CT molecular complexity index is 138. The van der Waals surface area contributed by atoms with Crippen molar-refractivity contribution in [3.63, 3.8) is 0 Å². The predicted molar refractivity (Wildman–Crippen MR) is 33.6 cm³/mol. The standard InChI is InChI=1S/C6H11F2NO/c1-3-6(2,4(7)8)5(9)10/h4H,3H2,1-2H3,(H2,9,10). The first kappa shape index (κ1) is 9.33. The van der Waals surface area contributed by atoms with Crippen LogP contribution in [0, 0.1) is 5.41 Å². The molecule has 0 aliphatic heterocycles. The van der Waals surface area contributed by atoms with E-state index in [4.69, 9.17) is 5.73 Å². The number of halogens is 2. The van der Waals surface area contributed by atoms with Crippen molar-refractivity contribution in [3.8, 4) is 0 Å². The third kappa shape index (κ3) is 1.43. The number of carbonyl (C=O) groups is 1. The van der Waals surface area contributed by atoms with E-state index in [1.165, 1.54) is 13.8 Å². The SMILES string of the molecule is CCC(C)(C(N)=O)C(F)F. The van der Waals surface area contributed by atoms with Gasteiger partial charge in [-0.2, -0.15) is 0 Å². The van der Waals surface area contributed by atoms with Crippen molar-refractivity contribution in [3.05, 3.63) is 0 Å². The number of carbonyl (C=O) groups excluding carboxylic acids is 1. The van der Waals surface area contributed by atoms with Crippen LogP contribution < -0.4 is 5.73 Å². The van der Waals surface area contributed by atoms with E-state index in [2.05, 4.69) is 0 Å². The highest BCUT2D eigenvalue weighted by Gasteiger charge is 2.38. The van der Waals surface area contributed by atoms with E-state index in [9.17, 15) is 13.6 Å². The van der Waals surface area contributed by atoms with Crippen molar-refractivity contribution in [1.29, 1.82) is 0 Å². The maximum atomic E-state index is 12.0. The van der Waals surface area contributed by atoms with Gasteiger partial charge in [0.05, 0.1) is 0 Å². The Hall–Kier alpha value is -0.670. The van der Waals surface area contributed by atoms with Gasteiger partial charge in [0.25, 0.3) is 6.43 Å². The Balaban J connectivity index is 4.38. The summed E-state index contributed by atoms with van der Waals surface area (Å²) in [5.41, 5.74) is 3.11. The summed E-state index contributed by atoms with van der Waals surface area (Å²) in [5, 5.41) is 0. The van der Waals surface area contributed by atoms with Crippen molar-refractivity contribution in [2.24, 2.45) is 11.1 Å². The van der Waals surface area contributed by atoms with E-state index in [1.54, 1.807) is 0 Å². The van der Waals surface area contributed by atoms with Crippen LogP contribution in [0.1, 0.15) is 20.3 Å². The van der Waals surface area contributed by atoms with Gasteiger partial charge in [0.1, 0.15) is 5.41 Å². The zero-order valence-electron chi connectivity index (χ0n) is 6.03. The Labute approximate surface area is 58.4 Å². The van der Waals surface area contributed by atoms with Gasteiger partial charge >= 0.3 is 0 Å². The molecule has 4 heteroatoms. The Morgan fingerprint density at radius 3 is 2.10 bits per heavy atom. The molecular formula is C6H11F2NO. The number of rotatable bonds is 3. The fourth-order valence-corrected chi connectivity index (χ4v) is 0.436. The quantitative estimate of drug-likeness (QED) is 0.646. The first-order valence-corrected chi connectivity index (χ1v) is 3.03. The number of amides is 1. The molecule has 1 unspecified atom stereocenters. The zero-order chi connectivity index (χ0) is 8.36. The summed E-state index contributed by atoms with van der Waals surface area (Å²) >= 11 is 0. The van der Waals surface area contributed by atoms with Crippen LogP contribution in [0.15, 0.2) is 0 Å². The minimum absolute atomic E-state index is 0.0694. The lowest BCUT2D eigenvalue weighted by atomic mass is 9.87. The predicted octanol–water partition coefficient (Wildman–Crippen LogP) is 1.15. The molecule has 0 spiro atoms. The van der Waals surface area contributed by atoms with Crippen molar-refractivity contribution in [2.75, 3.05) is 0 Å². The number of primary amides is 1. The average molecular weight is 151 g/mol. The van der Waals surface area contributed by atoms with E-state index >= 15 is 0 Å². The van der Waals surface area contributed by atoms with Gasteiger partial charge in [-0.3, -0.25) is 4.79 Å². The molecule has 0 radical (unpaired) electrons. The van der Waals surface area contributed by atoms with Crippen molar-refractivity contribution in [1.82, 2.24) is 0 Å². The molecule has 60 valence electrons. The van der Waals surface area contributed by atoms with Gasteiger partial charge in [-0.15, -0.1) is 0 Å². The van der Waals surface area contributed by atoms with Crippen LogP contribution in [0.3, 0.4) is 0 Å². The monoisotopic (exact) mass is 151 g/mol. The molecular weight excluding hydrogens is 140 g/mol. The lowest BCUT2D eigenvalue weighted by molar-refractivity contribution is -0.135. The van der Waals surface area contributed by atoms with Gasteiger partial charge < -0.3 is 5.73 Å². The molecule has 1 amide bonds. The summed E-state index contributed by atoms with van der Waals surface area (Å²) in [7, 11) is 0. The molecule has 1 atom stereocenters. The third-order valence-electron chi connectivity index (χ3n) is 1.78. The summed E-state index contributed by atoms with van der Waals surface area (Å²) in [6.07, 6.45) is -2.60. The van der Waals surface area contributed by atoms with Crippen LogP contribution in [0.4, 0.5) is 8.78 Å². The molecule has 0 aromatic carbocycles. The summed E-state index contributed by atoms with van der Waals surface area (Å²) in [5.74, 6) is -0.940. The first-order chi connectivity index (χ1) is 4.45. The highest BCUT2D eigenvalue weighted by Crippen LogP contribution is 2.28. The summed E-state index contributed by atoms with van der Waals surface area (Å²) in [6.45, 7) is 2.68. The summed E-state index contributed by atoms with van der Waals surface area (Å²) in [6, 6.07) is 0. The molecule has 0 aromatic rings. The fraction of sp³-hybridized carbons (Fsp3) is 0.833. The lowest BCUT2D eigenvalue weighted by Gasteiger charge is -2.22. The molecule has 10 heavy (non-hydrogen) atoms. The second-order valence-electron chi connectivity index (χ2n) is 2.44. The van der Waals surface area contributed by atoms with Crippen LogP contribution in [0.25, 0.3) is 0 Å². The van der Waals surface area contributed by atoms with Crippen molar-refractivity contribution < 1.29 is 13.6 Å². The Morgan fingerprint density at radius 1 is 1.70 bits per heavy atom. The van der Waals surface area contributed by atoms with E-state index in [1.807, 2.05) is 0 Å². The second kappa shape index (κ2) is 2.94. The highest BCUT2D eigenvalue weighted by molar-refractivity contribution is 5.80. The smallest absolute Gasteiger partial charge is 0.252 e. The largest absolute Gasteiger partial charge is 0.369 e. The maximum Gasteiger partial charge on any atom is 0.252 e. The molecule has 0 fully saturated rings. The number of hydrogen-bond donors (Lipinski definition) is 1. The van der Waals surface area contributed by atoms with Gasteiger partial charge in [-0.05, 0) is 13.3 Å². The average Bonchev–Trinajstić information content (AvgIpc) is 1.85. The van der Waals surface area contributed by atoms with E-state index < -0.39 is 17.7 Å². The molecule has 0 heterocycles. The van der Waals surface area contributed by atoms with Gasteiger partial charge in [-0.1, -0.05) is 6.92 Å². The minimum atomic E-state index is -2.67. The van der Waals surface area contributed by atoms with Gasteiger partial charge in [0.15, 0.2) is 0 Å². The van der Waals surface area contributed by atoms with Crippen LogP contribution in [0.5, 0.6) is 0 Å². The van der Waals surface area contributed by atoms with Gasteiger partial charge in [0, 0.05) is 0 Å². The normalized spacial score (nSPS) is 16.9. The third-order valence-corrected chi connectivity index (χ3v) is 1.78. The Morgan fingerprint density at radius 2 is 2.10 bits per heavy atom. The van der Waals surface area contributed by atoms with E-state index in [0.29, 0.717) is 0 Å². The maximum absolute atomic E-state index is 12.0. The Kier molecular flexibility index (Phi) is 2.75. The molecule has 2 nitrogen and oxygen atoms in total. The number of alkyl halides is 2. The zero-order valence-corrected chi connectivity index (χ0v) is 6.03. The topological polar surface area (TPSA) is 43.1 Å². The molecule has 2 N–H and O–H groups in total. The molecule has 0 aliphatic rings. The molecule has 0 rings (SSSR count). The van der Waals surface area contributed by atoms with Crippen LogP contribution in [0.2, 0.25) is 0 Å². The molecule has 0 saturated carbocycles. The van der Waals surface area contributed by atoms with E-state index in [0.717, 1.165) is 0 Å².